The van der Waals surface area contributed by atoms with Crippen molar-refractivity contribution in [1.29, 1.82) is 0 Å². The number of carbonyl (C=O) groups excluding carboxylic acids is 1. The summed E-state index contributed by atoms with van der Waals surface area (Å²) in [6.07, 6.45) is 1.60. The van der Waals surface area contributed by atoms with Crippen molar-refractivity contribution in [3.63, 3.8) is 0 Å². The van der Waals surface area contributed by atoms with Crippen LogP contribution >= 0.6 is 22.7 Å². The third kappa shape index (κ3) is 3.10. The van der Waals surface area contributed by atoms with Gasteiger partial charge in [0.05, 0.1) is 4.88 Å². The third-order valence-electron chi connectivity index (χ3n) is 3.62. The van der Waals surface area contributed by atoms with E-state index >= 15 is 0 Å². The van der Waals surface area contributed by atoms with Crippen molar-refractivity contribution in [2.45, 2.75) is 23.1 Å². The molecule has 1 fully saturated rings. The highest BCUT2D eigenvalue weighted by atomic mass is 32.2. The summed E-state index contributed by atoms with van der Waals surface area (Å²) in [4.78, 5) is 12.6. The first-order valence-electron chi connectivity index (χ1n) is 6.96. The highest BCUT2D eigenvalue weighted by Crippen LogP contribution is 2.28. The van der Waals surface area contributed by atoms with Crippen molar-refractivity contribution in [3.05, 3.63) is 39.9 Å². The fourth-order valence-electron chi connectivity index (χ4n) is 2.56. The van der Waals surface area contributed by atoms with Gasteiger partial charge in [0.1, 0.15) is 4.21 Å². The van der Waals surface area contributed by atoms with Crippen LogP contribution in [-0.4, -0.2) is 37.8 Å². The first-order chi connectivity index (χ1) is 10.6. The summed E-state index contributed by atoms with van der Waals surface area (Å²) in [6.45, 7) is 0.862. The number of thiophene rings is 2. The van der Waals surface area contributed by atoms with Crippen LogP contribution in [0.5, 0.6) is 0 Å². The van der Waals surface area contributed by atoms with Crippen LogP contribution in [0.2, 0.25) is 0 Å². The summed E-state index contributed by atoms with van der Waals surface area (Å²) in [5, 5.41) is 6.45. The number of nitrogens with zero attached hydrogens (tertiary/aromatic N) is 1. The van der Waals surface area contributed by atoms with Crippen LogP contribution in [0, 0.1) is 0 Å². The molecule has 2 aromatic rings. The molecule has 1 saturated heterocycles. The maximum Gasteiger partial charge on any atom is 0.261 e. The van der Waals surface area contributed by atoms with E-state index in [4.69, 9.17) is 0 Å². The fourth-order valence-corrected chi connectivity index (χ4v) is 6.01. The molecule has 1 amide bonds. The molecule has 1 unspecified atom stereocenters. The lowest BCUT2D eigenvalue weighted by Crippen LogP contribution is -2.42. The van der Waals surface area contributed by atoms with Crippen molar-refractivity contribution in [2.24, 2.45) is 0 Å². The van der Waals surface area contributed by atoms with E-state index in [1.807, 2.05) is 11.4 Å². The third-order valence-corrected chi connectivity index (χ3v) is 7.82. The largest absolute Gasteiger partial charge is 0.350 e. The van der Waals surface area contributed by atoms with E-state index in [1.165, 1.54) is 27.0 Å². The van der Waals surface area contributed by atoms with Crippen molar-refractivity contribution in [3.8, 4) is 0 Å². The molecule has 2 aromatic heterocycles. The van der Waals surface area contributed by atoms with E-state index in [0.29, 0.717) is 22.2 Å². The Morgan fingerprint density at radius 2 is 2.05 bits per heavy atom. The fraction of sp³-hybridized carbons (Fsp3) is 0.357. The van der Waals surface area contributed by atoms with Gasteiger partial charge in [-0.25, -0.2) is 8.42 Å². The van der Waals surface area contributed by atoms with Crippen LogP contribution in [0.15, 0.2) is 39.2 Å². The topological polar surface area (TPSA) is 66.5 Å². The minimum absolute atomic E-state index is 0.143. The zero-order chi connectivity index (χ0) is 15.6. The zero-order valence-electron chi connectivity index (χ0n) is 11.8. The molecule has 0 aliphatic carbocycles. The van der Waals surface area contributed by atoms with E-state index in [2.05, 4.69) is 5.32 Å². The molecule has 1 aliphatic heterocycles. The summed E-state index contributed by atoms with van der Waals surface area (Å²) < 4.78 is 27.1. The average molecular weight is 356 g/mol. The summed E-state index contributed by atoms with van der Waals surface area (Å²) in [6, 6.07) is 6.77. The molecule has 0 bridgehead atoms. The number of nitrogens with one attached hydrogen (secondary N) is 1. The van der Waals surface area contributed by atoms with Gasteiger partial charge in [0, 0.05) is 19.1 Å². The maximum absolute atomic E-state index is 12.6. The van der Waals surface area contributed by atoms with E-state index in [1.54, 1.807) is 23.6 Å². The van der Waals surface area contributed by atoms with Gasteiger partial charge in [-0.1, -0.05) is 12.1 Å². The molecular weight excluding hydrogens is 340 g/mol. The van der Waals surface area contributed by atoms with Gasteiger partial charge in [0.15, 0.2) is 0 Å². The second-order valence-electron chi connectivity index (χ2n) is 5.03. The maximum atomic E-state index is 12.6. The number of hydrogen-bond acceptors (Lipinski definition) is 5. The van der Waals surface area contributed by atoms with Gasteiger partial charge >= 0.3 is 0 Å². The summed E-state index contributed by atoms with van der Waals surface area (Å²) in [5.41, 5.74) is 0. The van der Waals surface area contributed by atoms with Crippen LogP contribution in [0.4, 0.5) is 0 Å². The van der Waals surface area contributed by atoms with Crippen LogP contribution < -0.4 is 5.32 Å². The van der Waals surface area contributed by atoms with Gasteiger partial charge in [-0.05, 0) is 35.7 Å². The van der Waals surface area contributed by atoms with Gasteiger partial charge in [-0.2, -0.15) is 4.31 Å². The minimum atomic E-state index is -3.44. The molecule has 118 valence electrons. The predicted octanol–water partition coefficient (Wildman–Crippen LogP) is 2.39. The molecule has 0 spiro atoms. The molecule has 3 rings (SSSR count). The van der Waals surface area contributed by atoms with E-state index in [0.717, 1.165) is 12.8 Å². The smallest absolute Gasteiger partial charge is 0.261 e. The summed E-state index contributed by atoms with van der Waals surface area (Å²) >= 11 is 2.60. The molecule has 1 aliphatic rings. The van der Waals surface area contributed by atoms with Crippen LogP contribution in [0.25, 0.3) is 0 Å². The predicted molar refractivity (Wildman–Crippen MR) is 87.9 cm³/mol. The number of rotatable bonds is 5. The lowest BCUT2D eigenvalue weighted by molar-refractivity contribution is 0.0950. The van der Waals surface area contributed by atoms with E-state index in [9.17, 15) is 13.2 Å². The molecule has 5 nitrogen and oxygen atoms in total. The lowest BCUT2D eigenvalue weighted by Gasteiger charge is -2.23. The van der Waals surface area contributed by atoms with Crippen molar-refractivity contribution < 1.29 is 13.2 Å². The quantitative estimate of drug-likeness (QED) is 0.894. The molecule has 0 saturated carbocycles. The Labute approximate surface area is 137 Å². The van der Waals surface area contributed by atoms with Crippen molar-refractivity contribution in [1.82, 2.24) is 9.62 Å². The second-order valence-corrected chi connectivity index (χ2v) is 9.04. The Morgan fingerprint density at radius 3 is 2.73 bits per heavy atom. The molecule has 3 heterocycles. The van der Waals surface area contributed by atoms with Crippen LogP contribution in [-0.2, 0) is 10.0 Å². The van der Waals surface area contributed by atoms with Gasteiger partial charge in [-0.15, -0.1) is 22.7 Å². The van der Waals surface area contributed by atoms with Gasteiger partial charge in [0.2, 0.25) is 0 Å². The van der Waals surface area contributed by atoms with Gasteiger partial charge in [-0.3, -0.25) is 4.79 Å². The molecule has 0 aromatic carbocycles. The average Bonchev–Trinajstić information content (AvgIpc) is 3.27. The molecule has 22 heavy (non-hydrogen) atoms. The number of sulfonamides is 1. The minimum Gasteiger partial charge on any atom is -0.350 e. The first-order valence-corrected chi connectivity index (χ1v) is 10.2. The summed E-state index contributed by atoms with van der Waals surface area (Å²) in [5.74, 6) is -0.143. The van der Waals surface area contributed by atoms with Gasteiger partial charge < -0.3 is 5.32 Å². The molecule has 0 radical (unpaired) electrons. The second kappa shape index (κ2) is 6.49. The number of hydrogen-bond donors (Lipinski definition) is 1. The van der Waals surface area contributed by atoms with Crippen molar-refractivity contribution in [2.75, 3.05) is 13.1 Å². The Kier molecular flexibility index (Phi) is 4.62. The lowest BCUT2D eigenvalue weighted by atomic mass is 10.2. The number of carbonyl (C=O) groups is 1. The normalized spacial score (nSPS) is 19.4. The van der Waals surface area contributed by atoms with E-state index < -0.39 is 10.0 Å². The summed E-state index contributed by atoms with van der Waals surface area (Å²) in [7, 11) is -3.44. The SMILES string of the molecule is O=C(NCC1CCCN1S(=O)(=O)c1cccs1)c1cccs1. The van der Waals surface area contributed by atoms with E-state index in [-0.39, 0.29) is 11.9 Å². The first kappa shape index (κ1) is 15.7. The van der Waals surface area contributed by atoms with Crippen LogP contribution in [0.3, 0.4) is 0 Å². The Balaban J connectivity index is 1.68. The zero-order valence-corrected chi connectivity index (χ0v) is 14.2. The molecule has 1 atom stereocenters. The number of amides is 1. The monoisotopic (exact) mass is 356 g/mol. The van der Waals surface area contributed by atoms with Crippen molar-refractivity contribution >= 4 is 38.6 Å². The molecule has 1 N–H and O–H groups in total. The highest BCUT2D eigenvalue weighted by molar-refractivity contribution is 7.91. The standard InChI is InChI=1S/C14H16N2O3S3/c17-14(12-5-2-8-20-12)15-10-11-4-1-7-16(11)22(18,19)13-6-3-9-21-13/h2-3,5-6,8-9,11H,1,4,7,10H2,(H,15,17). The molecule has 8 heteroatoms. The Morgan fingerprint density at radius 1 is 1.27 bits per heavy atom. The van der Waals surface area contributed by atoms with Gasteiger partial charge in [0.25, 0.3) is 15.9 Å². The molecular formula is C14H16N2O3S3. The Bertz CT molecular complexity index is 723. The Hall–Kier alpha value is -1.22. The van der Waals surface area contributed by atoms with Crippen LogP contribution in [0.1, 0.15) is 22.5 Å². The highest BCUT2D eigenvalue weighted by Gasteiger charge is 2.35.